The number of nitrogens with zero attached hydrogens (tertiary/aromatic N) is 6. The third-order valence-electron chi connectivity index (χ3n) is 7.98. The Labute approximate surface area is 236 Å². The lowest BCUT2D eigenvalue weighted by Crippen LogP contribution is -2.50. The summed E-state index contributed by atoms with van der Waals surface area (Å²) in [6.07, 6.45) is 7.42. The molecule has 41 heavy (non-hydrogen) atoms. The number of H-pyrrole nitrogens is 1. The molecule has 1 saturated carbocycles. The van der Waals surface area contributed by atoms with E-state index in [9.17, 15) is 9.18 Å². The zero-order valence-electron chi connectivity index (χ0n) is 23.2. The van der Waals surface area contributed by atoms with Gasteiger partial charge in [0.15, 0.2) is 23.3 Å². The van der Waals surface area contributed by atoms with Crippen LogP contribution in [0.15, 0.2) is 36.8 Å². The molecular formula is C28H33FN10O2. The van der Waals surface area contributed by atoms with E-state index in [1.807, 2.05) is 26.0 Å². The molecule has 1 fully saturated rings. The fraction of sp³-hybridized carbons (Fsp3) is 0.429. The number of carbonyl (C=O) groups excluding carboxylic acids is 1. The predicted molar refractivity (Wildman–Crippen MR) is 150 cm³/mol. The van der Waals surface area contributed by atoms with Crippen LogP contribution in [0.5, 0.6) is 0 Å². The minimum absolute atomic E-state index is 0.111. The predicted octanol–water partition coefficient (Wildman–Crippen LogP) is 3.86. The van der Waals surface area contributed by atoms with Crippen molar-refractivity contribution in [1.29, 1.82) is 0 Å². The number of rotatable bonds is 8. The van der Waals surface area contributed by atoms with E-state index in [1.165, 1.54) is 10.9 Å². The fourth-order valence-corrected chi connectivity index (χ4v) is 5.57. The number of halogens is 1. The van der Waals surface area contributed by atoms with Crippen molar-refractivity contribution < 1.29 is 13.9 Å². The van der Waals surface area contributed by atoms with Gasteiger partial charge < -0.3 is 20.7 Å². The van der Waals surface area contributed by atoms with Crippen LogP contribution in [-0.4, -0.2) is 60.1 Å². The molecule has 2 aliphatic rings. The maximum atomic E-state index is 13.5. The number of ether oxygens (including phenoxy) is 1. The molecule has 4 N–H and O–H groups in total. The molecule has 4 aromatic heterocycles. The molecule has 1 aliphatic heterocycles. The second-order valence-electron chi connectivity index (χ2n) is 10.7. The van der Waals surface area contributed by atoms with Crippen molar-refractivity contribution in [3.8, 4) is 5.82 Å². The van der Waals surface area contributed by atoms with Crippen LogP contribution in [0.4, 0.5) is 21.7 Å². The molecule has 1 atom stereocenters. The molecule has 12 nitrogen and oxygen atoms in total. The zero-order valence-corrected chi connectivity index (χ0v) is 23.2. The van der Waals surface area contributed by atoms with E-state index in [1.54, 1.807) is 19.4 Å². The molecule has 1 amide bonds. The molecule has 0 unspecified atom stereocenters. The largest absolute Gasteiger partial charge is 0.380 e. The fourth-order valence-electron chi connectivity index (χ4n) is 5.57. The summed E-state index contributed by atoms with van der Waals surface area (Å²) in [6.45, 7) is 4.67. The quantitative estimate of drug-likeness (QED) is 0.252. The highest BCUT2D eigenvalue weighted by molar-refractivity contribution is 5.85. The smallest absolute Gasteiger partial charge is 0.252 e. The molecule has 0 radical (unpaired) electrons. The van der Waals surface area contributed by atoms with Crippen molar-refractivity contribution in [2.45, 2.75) is 63.5 Å². The monoisotopic (exact) mass is 560 g/mol. The lowest BCUT2D eigenvalue weighted by Gasteiger charge is -2.38. The van der Waals surface area contributed by atoms with E-state index in [4.69, 9.17) is 14.7 Å². The average Bonchev–Trinajstić information content (AvgIpc) is 3.74. The summed E-state index contributed by atoms with van der Waals surface area (Å²) in [5, 5.41) is 21.0. The number of hydrogen-bond donors (Lipinski definition) is 4. The summed E-state index contributed by atoms with van der Waals surface area (Å²) in [6, 6.07) is 5.22. The van der Waals surface area contributed by atoms with Gasteiger partial charge in [-0.25, -0.2) is 24.0 Å². The van der Waals surface area contributed by atoms with Crippen LogP contribution < -0.4 is 16.0 Å². The van der Waals surface area contributed by atoms with Gasteiger partial charge >= 0.3 is 0 Å². The highest BCUT2D eigenvalue weighted by atomic mass is 19.1. The van der Waals surface area contributed by atoms with E-state index in [0.29, 0.717) is 24.5 Å². The van der Waals surface area contributed by atoms with Crippen LogP contribution in [0, 0.1) is 12.7 Å². The van der Waals surface area contributed by atoms with Crippen LogP contribution in [0.25, 0.3) is 5.82 Å². The Bertz CT molecular complexity index is 1540. The van der Waals surface area contributed by atoms with Crippen LogP contribution in [-0.2, 0) is 16.0 Å². The molecule has 5 heterocycles. The summed E-state index contributed by atoms with van der Waals surface area (Å²) in [4.78, 5) is 27.7. The maximum Gasteiger partial charge on any atom is 0.252 e. The lowest BCUT2D eigenvalue weighted by molar-refractivity contribution is -0.148. The Morgan fingerprint density at radius 3 is 2.73 bits per heavy atom. The van der Waals surface area contributed by atoms with Gasteiger partial charge in [0.1, 0.15) is 11.4 Å². The summed E-state index contributed by atoms with van der Waals surface area (Å²) >= 11 is 0. The third kappa shape index (κ3) is 5.36. The van der Waals surface area contributed by atoms with Crippen LogP contribution in [0.2, 0.25) is 0 Å². The van der Waals surface area contributed by atoms with E-state index < -0.39 is 11.4 Å². The van der Waals surface area contributed by atoms with E-state index in [-0.39, 0.29) is 17.9 Å². The van der Waals surface area contributed by atoms with Gasteiger partial charge in [0.25, 0.3) is 5.91 Å². The van der Waals surface area contributed by atoms with Crippen LogP contribution in [0.3, 0.4) is 0 Å². The molecule has 0 bridgehead atoms. The zero-order chi connectivity index (χ0) is 28.6. The second-order valence-corrected chi connectivity index (χ2v) is 10.7. The van der Waals surface area contributed by atoms with Gasteiger partial charge in [-0.1, -0.05) is 6.07 Å². The molecule has 4 aromatic rings. The number of amides is 1. The molecule has 0 aromatic carbocycles. The molecule has 0 saturated heterocycles. The number of carbonyl (C=O) groups is 1. The van der Waals surface area contributed by atoms with Gasteiger partial charge in [0.05, 0.1) is 29.8 Å². The van der Waals surface area contributed by atoms with Crippen LogP contribution >= 0.6 is 0 Å². The Balaban J connectivity index is 1.12. The first kappa shape index (κ1) is 26.8. The second kappa shape index (κ2) is 10.9. The normalized spacial score (nSPS) is 20.7. The van der Waals surface area contributed by atoms with Crippen molar-refractivity contribution in [1.82, 2.24) is 40.2 Å². The highest BCUT2D eigenvalue weighted by Gasteiger charge is 2.43. The number of aromatic nitrogens is 7. The summed E-state index contributed by atoms with van der Waals surface area (Å²) in [7, 11) is 1.59. The number of pyridine rings is 1. The van der Waals surface area contributed by atoms with Gasteiger partial charge in [-0.15, -0.1) is 0 Å². The number of nitrogens with one attached hydrogen (secondary N) is 4. The summed E-state index contributed by atoms with van der Waals surface area (Å²) < 4.78 is 20.5. The van der Waals surface area contributed by atoms with Gasteiger partial charge in [0, 0.05) is 44.0 Å². The van der Waals surface area contributed by atoms with Crippen molar-refractivity contribution in [2.24, 2.45) is 0 Å². The number of aryl methyl sites for hydroxylation is 1. The molecular weight excluding hydrogens is 527 g/mol. The van der Waals surface area contributed by atoms with E-state index in [2.05, 4.69) is 36.2 Å². The summed E-state index contributed by atoms with van der Waals surface area (Å²) in [5.74, 6) is 2.22. The average molecular weight is 561 g/mol. The first-order chi connectivity index (χ1) is 19.8. The Morgan fingerprint density at radius 2 is 2.07 bits per heavy atom. The first-order valence-electron chi connectivity index (χ1n) is 13.8. The van der Waals surface area contributed by atoms with Gasteiger partial charge in [-0.05, 0) is 51.2 Å². The highest BCUT2D eigenvalue weighted by Crippen LogP contribution is 2.41. The number of hydrogen-bond acceptors (Lipinski definition) is 9. The van der Waals surface area contributed by atoms with E-state index in [0.717, 1.165) is 66.3 Å². The van der Waals surface area contributed by atoms with Crippen molar-refractivity contribution in [2.75, 3.05) is 24.3 Å². The SMILES string of the molecule is COC1(C(=O)N[C@@H](C)c2ccc(-n3cc(F)cn3)nc2)CCC(c2nc3c(c(Nc4cc(C)[nH]n4)n2)NCC3)CC1. The van der Waals surface area contributed by atoms with Crippen molar-refractivity contribution in [3.63, 3.8) is 0 Å². The molecule has 214 valence electrons. The lowest BCUT2D eigenvalue weighted by atomic mass is 9.77. The number of methoxy groups -OCH3 is 1. The molecule has 1 aliphatic carbocycles. The standard InChI is InChI=1S/C28H33FN10O2/c1-16-12-22(38-37-16)35-26-24-21(8-11-30-24)34-25(36-26)18-6-9-28(41-3,10-7-18)27(40)33-17(2)19-4-5-23(31-13-19)39-15-20(29)14-32-39/h4-5,12-15,17-18,30H,6-11H2,1-3H3,(H,33,40)(H2,34,35,36,37,38)/t17-,18?,28?/m0/s1. The maximum absolute atomic E-state index is 13.5. The van der Waals surface area contributed by atoms with Crippen molar-refractivity contribution in [3.05, 3.63) is 65.4 Å². The van der Waals surface area contributed by atoms with Gasteiger partial charge in [-0.2, -0.15) is 10.2 Å². The minimum atomic E-state index is -0.934. The van der Waals surface area contributed by atoms with Crippen molar-refractivity contribution >= 4 is 23.2 Å². The first-order valence-corrected chi connectivity index (χ1v) is 13.8. The Hall–Kier alpha value is -4.39. The summed E-state index contributed by atoms with van der Waals surface area (Å²) in [5.41, 5.74) is 2.76. The van der Waals surface area contributed by atoms with Crippen LogP contribution in [0.1, 0.15) is 67.3 Å². The third-order valence-corrected chi connectivity index (χ3v) is 7.98. The molecule has 6 rings (SSSR count). The number of anilines is 3. The van der Waals surface area contributed by atoms with Gasteiger partial charge in [-0.3, -0.25) is 9.89 Å². The number of fused-ring (bicyclic) bond motifs is 1. The Morgan fingerprint density at radius 1 is 1.24 bits per heavy atom. The minimum Gasteiger partial charge on any atom is -0.380 e. The number of aromatic amines is 1. The Kier molecular flexibility index (Phi) is 7.12. The molecule has 0 spiro atoms. The molecule has 13 heteroatoms. The van der Waals surface area contributed by atoms with Gasteiger partial charge in [0.2, 0.25) is 0 Å². The topological polar surface area (TPSA) is 148 Å². The van der Waals surface area contributed by atoms with E-state index >= 15 is 0 Å².